The molecule has 4 heteroatoms. The number of fused-ring (bicyclic) bond motifs is 1. The predicted molar refractivity (Wildman–Crippen MR) is 75.7 cm³/mol. The number of carbonyl (C=O) groups excluding carboxylic acids is 1. The van der Waals surface area contributed by atoms with Gasteiger partial charge in [-0.25, -0.2) is 0 Å². The Morgan fingerprint density at radius 2 is 1.95 bits per heavy atom. The van der Waals surface area contributed by atoms with Gasteiger partial charge in [0, 0.05) is 18.2 Å². The second-order valence-electron chi connectivity index (χ2n) is 6.47. The first kappa shape index (κ1) is 13.2. The first-order valence-corrected chi connectivity index (χ1v) is 7.05. The Morgan fingerprint density at radius 1 is 1.30 bits per heavy atom. The molecule has 0 bridgehead atoms. The molecule has 0 saturated heterocycles. The van der Waals surface area contributed by atoms with Crippen LogP contribution in [0.4, 0.5) is 5.69 Å². The van der Waals surface area contributed by atoms with Crippen molar-refractivity contribution in [2.24, 2.45) is 11.3 Å². The van der Waals surface area contributed by atoms with Gasteiger partial charge in [-0.1, -0.05) is 32.0 Å². The highest BCUT2D eigenvalue weighted by Gasteiger charge is 2.52. The van der Waals surface area contributed by atoms with Gasteiger partial charge in [0.15, 0.2) is 0 Å². The Morgan fingerprint density at radius 3 is 2.55 bits per heavy atom. The molecule has 4 nitrogen and oxygen atoms in total. The number of benzene rings is 1. The Hall–Kier alpha value is -1.84. The minimum Gasteiger partial charge on any atom is -0.481 e. The molecule has 1 heterocycles. The Balaban J connectivity index is 1.93. The van der Waals surface area contributed by atoms with Gasteiger partial charge in [-0.2, -0.15) is 0 Å². The summed E-state index contributed by atoms with van der Waals surface area (Å²) in [5.41, 5.74) is 1.63. The third kappa shape index (κ3) is 1.99. The number of carbonyl (C=O) groups is 2. The van der Waals surface area contributed by atoms with Crippen LogP contribution in [0.15, 0.2) is 24.3 Å². The minimum absolute atomic E-state index is 0.0805. The van der Waals surface area contributed by atoms with Crippen LogP contribution >= 0.6 is 0 Å². The number of para-hydroxylation sites is 1. The summed E-state index contributed by atoms with van der Waals surface area (Å²) in [7, 11) is 0. The third-order valence-corrected chi connectivity index (χ3v) is 4.62. The number of carboxylic acid groups (broad SMARTS) is 1. The van der Waals surface area contributed by atoms with Crippen LogP contribution in [0.5, 0.6) is 0 Å². The molecule has 1 aliphatic carbocycles. The van der Waals surface area contributed by atoms with Crippen LogP contribution in [0.2, 0.25) is 0 Å². The average Bonchev–Trinajstić information content (AvgIpc) is 3.05. The summed E-state index contributed by atoms with van der Waals surface area (Å²) < 4.78 is 0. The minimum atomic E-state index is -0.809. The van der Waals surface area contributed by atoms with Crippen molar-refractivity contribution in [2.45, 2.75) is 32.6 Å². The number of hydrogen-bond donors (Lipinski definition) is 1. The molecule has 2 unspecified atom stereocenters. The molecule has 1 aliphatic heterocycles. The molecule has 1 aromatic rings. The number of carboxylic acids is 1. The van der Waals surface area contributed by atoms with E-state index >= 15 is 0 Å². The zero-order valence-corrected chi connectivity index (χ0v) is 11.8. The van der Waals surface area contributed by atoms with Crippen LogP contribution in [0.1, 0.15) is 38.2 Å². The molecule has 106 valence electrons. The summed E-state index contributed by atoms with van der Waals surface area (Å²) in [6.45, 7) is 4.70. The Kier molecular flexibility index (Phi) is 2.85. The molecule has 1 saturated carbocycles. The van der Waals surface area contributed by atoms with Gasteiger partial charge in [-0.05, 0) is 29.9 Å². The molecule has 2 atom stereocenters. The van der Waals surface area contributed by atoms with E-state index in [1.165, 1.54) is 0 Å². The van der Waals surface area contributed by atoms with Crippen molar-refractivity contribution in [3.05, 3.63) is 29.8 Å². The summed E-state index contributed by atoms with van der Waals surface area (Å²) in [5.74, 6) is -1.08. The van der Waals surface area contributed by atoms with Crippen molar-refractivity contribution >= 4 is 17.6 Å². The predicted octanol–water partition coefficient (Wildman–Crippen LogP) is 2.64. The Labute approximate surface area is 118 Å². The summed E-state index contributed by atoms with van der Waals surface area (Å²) in [6.07, 6.45) is 1.41. The lowest BCUT2D eigenvalue weighted by atomic mass is 9.89. The van der Waals surface area contributed by atoms with Gasteiger partial charge in [0.05, 0.1) is 5.92 Å². The molecular formula is C16H19NO3. The lowest BCUT2D eigenvalue weighted by Gasteiger charge is -2.33. The maximum absolute atomic E-state index is 12.6. The van der Waals surface area contributed by atoms with Crippen LogP contribution in [0.3, 0.4) is 0 Å². The molecule has 1 amide bonds. The average molecular weight is 273 g/mol. The molecular weight excluding hydrogens is 254 g/mol. The molecule has 1 aromatic carbocycles. The molecule has 3 rings (SSSR count). The second kappa shape index (κ2) is 4.33. The largest absolute Gasteiger partial charge is 0.481 e. The van der Waals surface area contributed by atoms with E-state index in [-0.39, 0.29) is 17.2 Å². The number of nitrogens with zero attached hydrogens (tertiary/aromatic N) is 1. The lowest BCUT2D eigenvalue weighted by Crippen LogP contribution is -2.39. The number of hydrogen-bond acceptors (Lipinski definition) is 2. The number of anilines is 1. The SMILES string of the molecule is CC1(C)CC1C(=O)N1CCC(C(=O)O)c2ccccc21. The first-order valence-electron chi connectivity index (χ1n) is 7.05. The molecule has 1 fully saturated rings. The van der Waals surface area contributed by atoms with E-state index in [9.17, 15) is 14.7 Å². The fourth-order valence-corrected chi connectivity index (χ4v) is 3.12. The molecule has 0 spiro atoms. The summed E-state index contributed by atoms with van der Waals surface area (Å²) in [5, 5.41) is 9.31. The number of amides is 1. The standard InChI is InChI=1S/C16H19NO3/c1-16(2)9-12(16)14(18)17-8-7-11(15(19)20)10-5-3-4-6-13(10)17/h3-6,11-12H,7-9H2,1-2H3,(H,19,20). The van der Waals surface area contributed by atoms with Crippen LogP contribution in [0.25, 0.3) is 0 Å². The van der Waals surface area contributed by atoms with Crippen molar-refractivity contribution < 1.29 is 14.7 Å². The first-order chi connectivity index (χ1) is 9.42. The van der Waals surface area contributed by atoms with Gasteiger partial charge in [-0.3, -0.25) is 9.59 Å². The maximum atomic E-state index is 12.6. The second-order valence-corrected chi connectivity index (χ2v) is 6.47. The highest BCUT2D eigenvalue weighted by molar-refractivity contribution is 5.99. The molecule has 20 heavy (non-hydrogen) atoms. The smallest absolute Gasteiger partial charge is 0.311 e. The van der Waals surface area contributed by atoms with Gasteiger partial charge in [0.2, 0.25) is 5.91 Å². The zero-order chi connectivity index (χ0) is 14.5. The monoisotopic (exact) mass is 273 g/mol. The van der Waals surface area contributed by atoms with Gasteiger partial charge < -0.3 is 10.0 Å². The van der Waals surface area contributed by atoms with Gasteiger partial charge in [0.1, 0.15) is 0 Å². The van der Waals surface area contributed by atoms with Crippen molar-refractivity contribution in [1.82, 2.24) is 0 Å². The number of rotatable bonds is 2. The van der Waals surface area contributed by atoms with Crippen LogP contribution in [0, 0.1) is 11.3 Å². The maximum Gasteiger partial charge on any atom is 0.311 e. The van der Waals surface area contributed by atoms with E-state index in [1.807, 2.05) is 24.3 Å². The number of aliphatic carboxylic acids is 1. The van der Waals surface area contributed by atoms with Gasteiger partial charge in [-0.15, -0.1) is 0 Å². The fraction of sp³-hybridized carbons (Fsp3) is 0.500. The fourth-order valence-electron chi connectivity index (χ4n) is 3.12. The summed E-state index contributed by atoms with van der Waals surface area (Å²) >= 11 is 0. The van der Waals surface area contributed by atoms with E-state index < -0.39 is 11.9 Å². The summed E-state index contributed by atoms with van der Waals surface area (Å²) in [4.78, 5) is 25.7. The zero-order valence-electron chi connectivity index (χ0n) is 11.8. The molecule has 1 N–H and O–H groups in total. The molecule has 0 radical (unpaired) electrons. The summed E-state index contributed by atoms with van der Waals surface area (Å²) in [6, 6.07) is 7.38. The lowest BCUT2D eigenvalue weighted by molar-refractivity contribution is -0.139. The highest BCUT2D eigenvalue weighted by atomic mass is 16.4. The highest BCUT2D eigenvalue weighted by Crippen LogP contribution is 2.53. The van der Waals surface area contributed by atoms with Crippen LogP contribution in [-0.2, 0) is 9.59 Å². The van der Waals surface area contributed by atoms with E-state index in [1.54, 1.807) is 4.90 Å². The molecule has 2 aliphatic rings. The van der Waals surface area contributed by atoms with Crippen LogP contribution < -0.4 is 4.90 Å². The van der Waals surface area contributed by atoms with E-state index in [4.69, 9.17) is 0 Å². The third-order valence-electron chi connectivity index (χ3n) is 4.62. The Bertz CT molecular complexity index is 579. The van der Waals surface area contributed by atoms with Crippen molar-refractivity contribution in [3.8, 4) is 0 Å². The van der Waals surface area contributed by atoms with Crippen molar-refractivity contribution in [1.29, 1.82) is 0 Å². The van der Waals surface area contributed by atoms with Gasteiger partial charge >= 0.3 is 5.97 Å². The van der Waals surface area contributed by atoms with Crippen molar-refractivity contribution in [3.63, 3.8) is 0 Å². The van der Waals surface area contributed by atoms with E-state index in [0.29, 0.717) is 13.0 Å². The topological polar surface area (TPSA) is 57.6 Å². The van der Waals surface area contributed by atoms with Crippen molar-refractivity contribution in [2.75, 3.05) is 11.4 Å². The van der Waals surface area contributed by atoms with Gasteiger partial charge in [0.25, 0.3) is 0 Å². The molecule has 0 aromatic heterocycles. The van der Waals surface area contributed by atoms with E-state index in [2.05, 4.69) is 13.8 Å². The van der Waals surface area contributed by atoms with Crippen LogP contribution in [-0.4, -0.2) is 23.5 Å². The normalized spacial score (nSPS) is 26.8. The van der Waals surface area contributed by atoms with E-state index in [0.717, 1.165) is 17.7 Å². The quantitative estimate of drug-likeness (QED) is 0.901.